The monoisotopic (exact) mass is 295 g/mol. The Balaban J connectivity index is 1.65. The fraction of sp³-hybridized carbons (Fsp3) is 0.562. The number of carbonyl (C=O) groups excluding carboxylic acids is 1. The van der Waals surface area contributed by atoms with Crippen LogP contribution in [0.2, 0.25) is 0 Å². The second-order valence-electron chi connectivity index (χ2n) is 5.38. The maximum absolute atomic E-state index is 12.8. The number of thioether (sulfide) groups is 1. The summed E-state index contributed by atoms with van der Waals surface area (Å²) in [5, 5.41) is 3.13. The fourth-order valence-electron chi connectivity index (χ4n) is 2.54. The van der Waals surface area contributed by atoms with E-state index >= 15 is 0 Å². The molecule has 0 atom stereocenters. The number of amides is 1. The minimum Gasteiger partial charge on any atom is -0.353 e. The van der Waals surface area contributed by atoms with Gasteiger partial charge in [-0.15, -0.1) is 11.8 Å². The summed E-state index contributed by atoms with van der Waals surface area (Å²) in [5.74, 6) is 1.14. The molecule has 0 aliphatic heterocycles. The standard InChI is InChI=1S/C16H22FNOS/c17-14-9-7-13(8-10-14)11-20-12-16(19)18-15-5-3-1-2-4-6-15/h7-10,15H,1-6,11-12H2,(H,18,19). The van der Waals surface area contributed by atoms with Crippen molar-refractivity contribution in [3.05, 3.63) is 35.6 Å². The molecule has 2 rings (SSSR count). The van der Waals surface area contributed by atoms with Gasteiger partial charge in [-0.3, -0.25) is 4.79 Å². The Morgan fingerprint density at radius 1 is 1.15 bits per heavy atom. The normalized spacial score (nSPS) is 16.6. The third-order valence-electron chi connectivity index (χ3n) is 3.64. The summed E-state index contributed by atoms with van der Waals surface area (Å²) in [4.78, 5) is 11.9. The smallest absolute Gasteiger partial charge is 0.230 e. The summed E-state index contributed by atoms with van der Waals surface area (Å²) in [6, 6.07) is 6.83. The van der Waals surface area contributed by atoms with Crippen LogP contribution in [0.1, 0.15) is 44.1 Å². The van der Waals surface area contributed by atoms with Crippen molar-refractivity contribution in [2.75, 3.05) is 5.75 Å². The molecule has 1 aromatic carbocycles. The van der Waals surface area contributed by atoms with E-state index in [0.717, 1.165) is 24.2 Å². The SMILES string of the molecule is O=C(CSCc1ccc(F)cc1)NC1CCCCCC1. The predicted octanol–water partition coefficient (Wildman–Crippen LogP) is 3.90. The Morgan fingerprint density at radius 3 is 2.45 bits per heavy atom. The second-order valence-corrected chi connectivity index (χ2v) is 6.36. The third-order valence-corrected chi connectivity index (χ3v) is 4.64. The van der Waals surface area contributed by atoms with Crippen LogP contribution in [0.25, 0.3) is 0 Å². The molecule has 0 bridgehead atoms. The van der Waals surface area contributed by atoms with Gasteiger partial charge in [-0.05, 0) is 30.5 Å². The molecule has 0 saturated heterocycles. The second kappa shape index (κ2) is 8.30. The molecule has 20 heavy (non-hydrogen) atoms. The molecule has 0 unspecified atom stereocenters. The first-order valence-electron chi connectivity index (χ1n) is 7.35. The number of benzene rings is 1. The number of carbonyl (C=O) groups is 1. The molecular formula is C16H22FNOS. The number of halogens is 1. The zero-order valence-electron chi connectivity index (χ0n) is 11.7. The number of nitrogens with one attached hydrogen (secondary N) is 1. The van der Waals surface area contributed by atoms with Crippen molar-refractivity contribution in [2.24, 2.45) is 0 Å². The van der Waals surface area contributed by atoms with Gasteiger partial charge in [0, 0.05) is 11.8 Å². The molecule has 1 saturated carbocycles. The van der Waals surface area contributed by atoms with Crippen molar-refractivity contribution in [3.63, 3.8) is 0 Å². The predicted molar refractivity (Wildman–Crippen MR) is 82.2 cm³/mol. The van der Waals surface area contributed by atoms with Crippen LogP contribution in [-0.4, -0.2) is 17.7 Å². The molecule has 0 aromatic heterocycles. The fourth-order valence-corrected chi connectivity index (χ4v) is 3.33. The molecule has 1 aliphatic carbocycles. The van der Waals surface area contributed by atoms with Gasteiger partial charge in [0.25, 0.3) is 0 Å². The van der Waals surface area contributed by atoms with Gasteiger partial charge in [-0.25, -0.2) is 4.39 Å². The van der Waals surface area contributed by atoms with Crippen LogP contribution in [0.3, 0.4) is 0 Å². The van der Waals surface area contributed by atoms with Gasteiger partial charge in [0.05, 0.1) is 5.75 Å². The maximum Gasteiger partial charge on any atom is 0.230 e. The average Bonchev–Trinajstić information content (AvgIpc) is 2.70. The van der Waals surface area contributed by atoms with E-state index < -0.39 is 0 Å². The molecule has 1 aliphatic rings. The van der Waals surface area contributed by atoms with E-state index in [-0.39, 0.29) is 11.7 Å². The lowest BCUT2D eigenvalue weighted by molar-refractivity contribution is -0.119. The van der Waals surface area contributed by atoms with E-state index in [1.54, 1.807) is 23.9 Å². The van der Waals surface area contributed by atoms with Crippen LogP contribution in [0.5, 0.6) is 0 Å². The van der Waals surface area contributed by atoms with Crippen molar-refractivity contribution in [3.8, 4) is 0 Å². The van der Waals surface area contributed by atoms with Crippen LogP contribution < -0.4 is 5.32 Å². The summed E-state index contributed by atoms with van der Waals surface area (Å²) in [7, 11) is 0. The lowest BCUT2D eigenvalue weighted by Crippen LogP contribution is -2.35. The van der Waals surface area contributed by atoms with Crippen molar-refractivity contribution in [1.29, 1.82) is 0 Å². The van der Waals surface area contributed by atoms with E-state index in [2.05, 4.69) is 5.32 Å². The molecule has 0 radical (unpaired) electrons. The third kappa shape index (κ3) is 5.53. The molecule has 110 valence electrons. The van der Waals surface area contributed by atoms with E-state index in [0.29, 0.717) is 11.8 Å². The molecule has 0 heterocycles. The van der Waals surface area contributed by atoms with E-state index in [4.69, 9.17) is 0 Å². The van der Waals surface area contributed by atoms with Crippen molar-refractivity contribution < 1.29 is 9.18 Å². The van der Waals surface area contributed by atoms with Crippen LogP contribution in [0, 0.1) is 5.82 Å². The molecular weight excluding hydrogens is 273 g/mol. The lowest BCUT2D eigenvalue weighted by atomic mass is 10.1. The van der Waals surface area contributed by atoms with Crippen molar-refractivity contribution >= 4 is 17.7 Å². The Labute approximate surface area is 124 Å². The zero-order valence-corrected chi connectivity index (χ0v) is 12.6. The molecule has 0 spiro atoms. The Kier molecular flexibility index (Phi) is 6.37. The minimum atomic E-state index is -0.218. The summed E-state index contributed by atoms with van der Waals surface area (Å²) in [6.45, 7) is 0. The number of hydrogen-bond acceptors (Lipinski definition) is 2. The highest BCUT2D eigenvalue weighted by Gasteiger charge is 2.14. The summed E-state index contributed by atoms with van der Waals surface area (Å²) < 4.78 is 12.8. The minimum absolute atomic E-state index is 0.129. The maximum atomic E-state index is 12.8. The Hall–Kier alpha value is -1.03. The van der Waals surface area contributed by atoms with Crippen LogP contribution in [0.15, 0.2) is 24.3 Å². The highest BCUT2D eigenvalue weighted by atomic mass is 32.2. The van der Waals surface area contributed by atoms with Gasteiger partial charge in [-0.2, -0.15) is 0 Å². The largest absolute Gasteiger partial charge is 0.353 e. The molecule has 2 nitrogen and oxygen atoms in total. The van der Waals surface area contributed by atoms with Crippen LogP contribution >= 0.6 is 11.8 Å². The Morgan fingerprint density at radius 2 is 1.80 bits per heavy atom. The molecule has 1 amide bonds. The lowest BCUT2D eigenvalue weighted by Gasteiger charge is -2.15. The quantitative estimate of drug-likeness (QED) is 0.835. The van der Waals surface area contributed by atoms with Gasteiger partial charge in [0.2, 0.25) is 5.91 Å². The van der Waals surface area contributed by atoms with Gasteiger partial charge in [-0.1, -0.05) is 37.8 Å². The highest BCUT2D eigenvalue weighted by molar-refractivity contribution is 7.99. The van der Waals surface area contributed by atoms with Crippen molar-refractivity contribution in [1.82, 2.24) is 5.32 Å². The Bertz CT molecular complexity index is 413. The van der Waals surface area contributed by atoms with E-state index in [1.807, 2.05) is 0 Å². The van der Waals surface area contributed by atoms with Gasteiger partial charge in [0.1, 0.15) is 5.82 Å². The average molecular weight is 295 g/mol. The van der Waals surface area contributed by atoms with Gasteiger partial charge in [0.15, 0.2) is 0 Å². The molecule has 1 aromatic rings. The van der Waals surface area contributed by atoms with Gasteiger partial charge >= 0.3 is 0 Å². The number of rotatable bonds is 5. The molecule has 1 fully saturated rings. The first-order valence-corrected chi connectivity index (χ1v) is 8.51. The molecule has 1 N–H and O–H groups in total. The first-order chi connectivity index (χ1) is 9.74. The first kappa shape index (κ1) is 15.4. The highest BCUT2D eigenvalue weighted by Crippen LogP contribution is 2.18. The van der Waals surface area contributed by atoms with E-state index in [9.17, 15) is 9.18 Å². The van der Waals surface area contributed by atoms with Gasteiger partial charge < -0.3 is 5.32 Å². The molecule has 4 heteroatoms. The summed E-state index contributed by atoms with van der Waals surface area (Å²) >= 11 is 1.58. The zero-order chi connectivity index (χ0) is 14.2. The summed E-state index contributed by atoms with van der Waals surface area (Å²) in [5.41, 5.74) is 1.05. The van der Waals surface area contributed by atoms with Crippen LogP contribution in [0.4, 0.5) is 4.39 Å². The summed E-state index contributed by atoms with van der Waals surface area (Å²) in [6.07, 6.45) is 7.29. The van der Waals surface area contributed by atoms with Crippen molar-refractivity contribution in [2.45, 2.75) is 50.3 Å². The topological polar surface area (TPSA) is 29.1 Å². The van der Waals surface area contributed by atoms with E-state index in [1.165, 1.54) is 37.8 Å². The number of hydrogen-bond donors (Lipinski definition) is 1. The van der Waals surface area contributed by atoms with Crippen LogP contribution in [-0.2, 0) is 10.5 Å².